The van der Waals surface area contributed by atoms with Crippen molar-refractivity contribution in [2.24, 2.45) is 5.84 Å². The normalized spacial score (nSPS) is 11.5. The molecule has 0 heterocycles. The van der Waals surface area contributed by atoms with Crippen molar-refractivity contribution in [3.8, 4) is 0 Å². The number of rotatable bonds is 4. The van der Waals surface area contributed by atoms with Crippen molar-refractivity contribution in [2.45, 2.75) is 9.06 Å². The van der Waals surface area contributed by atoms with E-state index >= 15 is 0 Å². The molecule has 0 radical (unpaired) electrons. The van der Waals surface area contributed by atoms with E-state index in [1.165, 1.54) is 0 Å². The van der Waals surface area contributed by atoms with Crippen LogP contribution in [0.2, 0.25) is 0 Å². The van der Waals surface area contributed by atoms with E-state index in [2.05, 4.69) is 5.43 Å². The van der Waals surface area contributed by atoms with E-state index in [1.807, 2.05) is 0 Å². The second-order valence-corrected chi connectivity index (χ2v) is 6.53. The number of nitro groups is 1. The summed E-state index contributed by atoms with van der Waals surface area (Å²) in [5, 5.41) is 10.7. The van der Waals surface area contributed by atoms with Crippen molar-refractivity contribution in [1.82, 2.24) is 0 Å². The predicted molar refractivity (Wildman–Crippen MR) is 63.6 cm³/mol. The lowest BCUT2D eigenvalue weighted by Crippen LogP contribution is -2.12. The fraction of sp³-hybridized carbons (Fsp3) is 0.143. The van der Waals surface area contributed by atoms with E-state index in [0.29, 0.717) is 0 Å². The number of hydrogen-bond acceptors (Lipinski definition) is 6. The van der Waals surface area contributed by atoms with Crippen molar-refractivity contribution in [3.05, 3.63) is 28.3 Å². The van der Waals surface area contributed by atoms with Gasteiger partial charge in [0.1, 0.15) is 5.69 Å². The first-order valence-electron chi connectivity index (χ1n) is 4.08. The summed E-state index contributed by atoms with van der Waals surface area (Å²) < 4.78 is 21.4. The van der Waals surface area contributed by atoms with E-state index in [4.69, 9.17) is 29.0 Å². The molecule has 0 unspecified atom stereocenters. The van der Waals surface area contributed by atoms with Gasteiger partial charge in [-0.3, -0.25) is 16.0 Å². The molecule has 0 amide bonds. The SMILES string of the molecule is NNc1ccc(S(=O)(=O)C(Cl)Cl)cc1[N+](=O)[O-]. The lowest BCUT2D eigenvalue weighted by atomic mass is 10.3. The topological polar surface area (TPSA) is 115 Å². The number of nitrogens with two attached hydrogens (primary N) is 1. The van der Waals surface area contributed by atoms with Gasteiger partial charge in [0, 0.05) is 6.07 Å². The predicted octanol–water partition coefficient (Wildman–Crippen LogP) is 1.42. The van der Waals surface area contributed by atoms with Crippen molar-refractivity contribution in [1.29, 1.82) is 0 Å². The maximum Gasteiger partial charge on any atom is 0.294 e. The number of sulfone groups is 1. The molecule has 3 N–H and O–H groups in total. The third-order valence-electron chi connectivity index (χ3n) is 1.88. The lowest BCUT2D eigenvalue weighted by molar-refractivity contribution is -0.384. The van der Waals surface area contributed by atoms with E-state index in [1.54, 1.807) is 0 Å². The number of hydrazine groups is 1. The van der Waals surface area contributed by atoms with Crippen LogP contribution in [0.25, 0.3) is 0 Å². The molecule has 0 aliphatic rings. The van der Waals surface area contributed by atoms with E-state index in [9.17, 15) is 18.5 Å². The number of nitrogens with zero attached hydrogens (tertiary/aromatic N) is 1. The standard InChI is InChI=1S/C7H7Cl2N3O4S/c8-7(9)17(15,16)4-1-2-5(11-10)6(3-4)12(13)14/h1-3,7,11H,10H2. The molecule has 10 heteroatoms. The molecule has 94 valence electrons. The fourth-order valence-electron chi connectivity index (χ4n) is 1.06. The highest BCUT2D eigenvalue weighted by Crippen LogP contribution is 2.30. The highest BCUT2D eigenvalue weighted by molar-refractivity contribution is 7.94. The molecule has 0 aliphatic carbocycles. The van der Waals surface area contributed by atoms with Crippen molar-refractivity contribution in [3.63, 3.8) is 0 Å². The van der Waals surface area contributed by atoms with Gasteiger partial charge < -0.3 is 5.43 Å². The van der Waals surface area contributed by atoms with E-state index < -0.39 is 24.6 Å². The summed E-state index contributed by atoms with van der Waals surface area (Å²) in [6.07, 6.45) is 0. The Labute approximate surface area is 107 Å². The van der Waals surface area contributed by atoms with Gasteiger partial charge >= 0.3 is 0 Å². The van der Waals surface area contributed by atoms with Gasteiger partial charge in [0.05, 0.1) is 9.82 Å². The smallest absolute Gasteiger partial charge is 0.294 e. The molecular weight excluding hydrogens is 293 g/mol. The molecule has 0 saturated carbocycles. The maximum atomic E-state index is 11.6. The largest absolute Gasteiger partial charge is 0.318 e. The van der Waals surface area contributed by atoms with Crippen LogP contribution in [0.4, 0.5) is 11.4 Å². The summed E-state index contributed by atoms with van der Waals surface area (Å²) in [6.45, 7) is 0. The van der Waals surface area contributed by atoms with Crippen molar-refractivity contribution in [2.75, 3.05) is 5.43 Å². The Morgan fingerprint density at radius 3 is 2.41 bits per heavy atom. The van der Waals surface area contributed by atoms with Crippen molar-refractivity contribution >= 4 is 44.4 Å². The monoisotopic (exact) mass is 299 g/mol. The summed E-state index contributed by atoms with van der Waals surface area (Å²) in [7, 11) is -4.00. The summed E-state index contributed by atoms with van der Waals surface area (Å²) >= 11 is 10.6. The Kier molecular flexibility index (Phi) is 4.15. The van der Waals surface area contributed by atoms with Crippen molar-refractivity contribution < 1.29 is 13.3 Å². The summed E-state index contributed by atoms with van der Waals surface area (Å²) in [5.41, 5.74) is 1.58. The molecule has 7 nitrogen and oxygen atoms in total. The van der Waals surface area contributed by atoms with Crippen LogP contribution >= 0.6 is 23.2 Å². The number of alkyl halides is 2. The molecule has 1 aromatic rings. The molecule has 0 fully saturated rings. The fourth-order valence-corrected chi connectivity index (χ4v) is 2.42. The van der Waals surface area contributed by atoms with E-state index in [-0.39, 0.29) is 10.6 Å². The zero-order valence-electron chi connectivity index (χ0n) is 8.13. The van der Waals surface area contributed by atoms with Crippen LogP contribution in [-0.4, -0.2) is 17.5 Å². The molecule has 0 spiro atoms. The van der Waals surface area contributed by atoms with Gasteiger partial charge in [0.2, 0.25) is 14.0 Å². The van der Waals surface area contributed by atoms with Crippen LogP contribution < -0.4 is 11.3 Å². The lowest BCUT2D eigenvalue weighted by Gasteiger charge is -2.06. The second kappa shape index (κ2) is 5.05. The summed E-state index contributed by atoms with van der Waals surface area (Å²) in [4.78, 5) is 9.56. The third-order valence-corrected chi connectivity index (χ3v) is 4.67. The van der Waals surface area contributed by atoms with Crippen LogP contribution in [0.3, 0.4) is 0 Å². The first-order valence-corrected chi connectivity index (χ1v) is 6.49. The Balaban J connectivity index is 3.41. The summed E-state index contributed by atoms with van der Waals surface area (Å²) in [6, 6.07) is 3.11. The Morgan fingerprint density at radius 2 is 2.00 bits per heavy atom. The number of anilines is 1. The van der Waals surface area contributed by atoms with Crippen LogP contribution in [0.15, 0.2) is 23.1 Å². The summed E-state index contributed by atoms with van der Waals surface area (Å²) in [5.74, 6) is 5.05. The highest BCUT2D eigenvalue weighted by atomic mass is 35.5. The molecule has 1 rings (SSSR count). The van der Waals surface area contributed by atoms with Gasteiger partial charge in [-0.25, -0.2) is 8.42 Å². The molecule has 17 heavy (non-hydrogen) atoms. The molecule has 0 aliphatic heterocycles. The average Bonchev–Trinajstić information content (AvgIpc) is 2.27. The van der Waals surface area contributed by atoms with Gasteiger partial charge in [0.15, 0.2) is 0 Å². The first-order chi connectivity index (χ1) is 7.80. The number of nitrogen functional groups attached to an aromatic ring is 1. The molecule has 0 aromatic heterocycles. The Hall–Kier alpha value is -1.09. The van der Waals surface area contributed by atoms with Gasteiger partial charge in [-0.05, 0) is 12.1 Å². The first kappa shape index (κ1) is 14.0. The Morgan fingerprint density at radius 1 is 1.41 bits per heavy atom. The molecule has 0 atom stereocenters. The van der Waals surface area contributed by atoms with Crippen LogP contribution in [0.1, 0.15) is 0 Å². The average molecular weight is 300 g/mol. The number of hydrogen-bond donors (Lipinski definition) is 2. The minimum atomic E-state index is -4.00. The van der Waals surface area contributed by atoms with Crippen LogP contribution in [-0.2, 0) is 9.84 Å². The minimum absolute atomic E-state index is 0.0188. The molecule has 1 aromatic carbocycles. The second-order valence-electron chi connectivity index (χ2n) is 2.89. The maximum absolute atomic E-state index is 11.6. The van der Waals surface area contributed by atoms with Gasteiger partial charge in [-0.15, -0.1) is 0 Å². The molecule has 0 saturated heterocycles. The minimum Gasteiger partial charge on any atom is -0.318 e. The highest BCUT2D eigenvalue weighted by Gasteiger charge is 2.26. The zero-order valence-corrected chi connectivity index (χ0v) is 10.5. The van der Waals surface area contributed by atoms with Gasteiger partial charge in [-0.2, -0.15) is 0 Å². The molecular formula is C7H7Cl2N3O4S. The van der Waals surface area contributed by atoms with E-state index in [0.717, 1.165) is 18.2 Å². The number of nitro benzene ring substituents is 1. The Bertz CT molecular complexity index is 546. The van der Waals surface area contributed by atoms with Crippen LogP contribution in [0, 0.1) is 10.1 Å². The number of halogens is 2. The molecule has 0 bridgehead atoms. The number of nitrogens with one attached hydrogen (secondary N) is 1. The van der Waals surface area contributed by atoms with Gasteiger partial charge in [0.25, 0.3) is 5.69 Å². The number of benzene rings is 1. The quantitative estimate of drug-likeness (QED) is 0.376. The van der Waals surface area contributed by atoms with Crippen LogP contribution in [0.5, 0.6) is 0 Å². The zero-order chi connectivity index (χ0) is 13.2. The van der Waals surface area contributed by atoms with Gasteiger partial charge in [-0.1, -0.05) is 23.2 Å². The third kappa shape index (κ3) is 2.78.